The maximum Gasteiger partial charge on any atom is 0.253 e. The van der Waals surface area contributed by atoms with Crippen molar-refractivity contribution in [1.29, 1.82) is 0 Å². The highest BCUT2D eigenvalue weighted by Gasteiger charge is 2.27. The molecule has 22 heavy (non-hydrogen) atoms. The molecule has 1 amide bonds. The van der Waals surface area contributed by atoms with Gasteiger partial charge in [0.15, 0.2) is 0 Å². The summed E-state index contributed by atoms with van der Waals surface area (Å²) in [7, 11) is 1.82. The Labute approximate surface area is 137 Å². The fourth-order valence-corrected chi connectivity index (χ4v) is 3.17. The van der Waals surface area contributed by atoms with Crippen molar-refractivity contribution in [2.24, 2.45) is 5.92 Å². The zero-order valence-corrected chi connectivity index (χ0v) is 14.2. The maximum absolute atomic E-state index is 13.3. The van der Waals surface area contributed by atoms with Gasteiger partial charge in [0, 0.05) is 25.2 Å². The number of carbonyl (C=O) groups is 1. The lowest BCUT2D eigenvalue weighted by molar-refractivity contribution is 0.0641. The van der Waals surface area contributed by atoms with E-state index in [9.17, 15) is 9.18 Å². The van der Waals surface area contributed by atoms with Crippen LogP contribution in [0.4, 0.5) is 4.39 Å². The van der Waals surface area contributed by atoms with Gasteiger partial charge in [-0.1, -0.05) is 25.4 Å². The number of likely N-dealkylation sites (tertiary alicyclic amines) is 1. The monoisotopic (exact) mass is 326 g/mol. The fourth-order valence-electron chi connectivity index (χ4n) is 2.99. The van der Waals surface area contributed by atoms with Gasteiger partial charge in [-0.3, -0.25) is 4.79 Å². The molecule has 1 atom stereocenters. The molecule has 0 bridgehead atoms. The van der Waals surface area contributed by atoms with Crippen LogP contribution >= 0.6 is 11.6 Å². The first kappa shape index (κ1) is 17.2. The summed E-state index contributed by atoms with van der Waals surface area (Å²) in [5.41, 5.74) is 0.431. The second-order valence-corrected chi connectivity index (χ2v) is 6.77. The Balaban J connectivity index is 2.12. The van der Waals surface area contributed by atoms with Crippen LogP contribution in [0, 0.1) is 11.7 Å². The van der Waals surface area contributed by atoms with E-state index in [0.717, 1.165) is 19.6 Å². The molecule has 1 aromatic rings. The third kappa shape index (κ3) is 3.99. The Kier molecular flexibility index (Phi) is 5.81. The maximum atomic E-state index is 13.3. The Hall–Kier alpha value is -1.13. The van der Waals surface area contributed by atoms with Crippen molar-refractivity contribution >= 4 is 17.5 Å². The molecule has 2 rings (SSSR count). The average Bonchev–Trinajstić information content (AvgIpc) is 2.99. The van der Waals surface area contributed by atoms with E-state index >= 15 is 0 Å². The van der Waals surface area contributed by atoms with Crippen LogP contribution < -0.4 is 0 Å². The van der Waals surface area contributed by atoms with Gasteiger partial charge in [-0.05, 0) is 50.0 Å². The molecule has 0 N–H and O–H groups in total. The van der Waals surface area contributed by atoms with E-state index < -0.39 is 5.82 Å². The van der Waals surface area contributed by atoms with E-state index in [0.29, 0.717) is 11.5 Å². The molecular formula is C17H24ClFN2O. The molecule has 0 radical (unpaired) electrons. The van der Waals surface area contributed by atoms with Crippen LogP contribution in [-0.4, -0.2) is 48.4 Å². The Bertz CT molecular complexity index is 529. The van der Waals surface area contributed by atoms with Crippen LogP contribution in [0.15, 0.2) is 18.2 Å². The summed E-state index contributed by atoms with van der Waals surface area (Å²) in [4.78, 5) is 16.8. The van der Waals surface area contributed by atoms with E-state index in [-0.39, 0.29) is 17.0 Å². The number of nitrogens with zero attached hydrogens (tertiary/aromatic N) is 2. The van der Waals surface area contributed by atoms with Crippen LogP contribution in [0.3, 0.4) is 0 Å². The molecule has 1 aliphatic heterocycles. The third-order valence-corrected chi connectivity index (χ3v) is 4.69. The van der Waals surface area contributed by atoms with Crippen LogP contribution in [0.5, 0.6) is 0 Å². The van der Waals surface area contributed by atoms with Gasteiger partial charge in [0.25, 0.3) is 5.91 Å². The van der Waals surface area contributed by atoms with Gasteiger partial charge in [-0.15, -0.1) is 0 Å². The van der Waals surface area contributed by atoms with Crippen molar-refractivity contribution in [2.75, 3.05) is 26.7 Å². The van der Waals surface area contributed by atoms with Gasteiger partial charge in [-0.25, -0.2) is 4.39 Å². The van der Waals surface area contributed by atoms with Crippen molar-refractivity contribution in [3.63, 3.8) is 0 Å². The number of halogens is 2. The molecule has 3 nitrogen and oxygen atoms in total. The summed E-state index contributed by atoms with van der Waals surface area (Å²) in [5, 5.41) is -0.0140. The largest absolute Gasteiger partial charge is 0.337 e. The van der Waals surface area contributed by atoms with E-state index in [1.54, 1.807) is 4.90 Å². The number of hydrogen-bond donors (Lipinski definition) is 0. The summed E-state index contributed by atoms with van der Waals surface area (Å²) in [6.07, 6.45) is 2.46. The molecule has 1 heterocycles. The molecule has 1 saturated heterocycles. The highest BCUT2D eigenvalue weighted by Crippen LogP contribution is 2.20. The number of rotatable bonds is 5. The predicted molar refractivity (Wildman–Crippen MR) is 87.8 cm³/mol. The number of benzene rings is 1. The Morgan fingerprint density at radius 1 is 1.36 bits per heavy atom. The second-order valence-electron chi connectivity index (χ2n) is 6.36. The van der Waals surface area contributed by atoms with Crippen LogP contribution in [0.2, 0.25) is 5.02 Å². The van der Waals surface area contributed by atoms with E-state index in [2.05, 4.69) is 18.7 Å². The first-order valence-electron chi connectivity index (χ1n) is 7.84. The minimum Gasteiger partial charge on any atom is -0.337 e. The van der Waals surface area contributed by atoms with Gasteiger partial charge in [0.2, 0.25) is 0 Å². The molecule has 0 saturated carbocycles. The molecule has 122 valence electrons. The first-order chi connectivity index (χ1) is 10.4. The molecule has 0 spiro atoms. The predicted octanol–water partition coefficient (Wildman–Crippen LogP) is 3.67. The number of carbonyl (C=O) groups excluding carboxylic acids is 1. The quantitative estimate of drug-likeness (QED) is 0.824. The number of amides is 1. The highest BCUT2D eigenvalue weighted by molar-refractivity contribution is 6.31. The number of hydrogen-bond acceptors (Lipinski definition) is 2. The van der Waals surface area contributed by atoms with E-state index in [1.165, 1.54) is 31.0 Å². The topological polar surface area (TPSA) is 23.6 Å². The summed E-state index contributed by atoms with van der Waals surface area (Å²) >= 11 is 5.79. The normalized spacial score (nSPS) is 17.0. The molecule has 0 aromatic heterocycles. The molecule has 5 heteroatoms. The minimum absolute atomic E-state index is 0.0140. The zero-order chi connectivity index (χ0) is 16.3. The SMILES string of the molecule is CC(C)[C@@H](CN1CCCC1)N(C)C(=O)c1ccc(F)c(Cl)c1. The van der Waals surface area contributed by atoms with E-state index in [1.807, 2.05) is 7.05 Å². The molecule has 1 aliphatic rings. The molecule has 1 aromatic carbocycles. The zero-order valence-electron chi connectivity index (χ0n) is 13.5. The second kappa shape index (κ2) is 7.42. The van der Waals surface area contributed by atoms with Gasteiger partial charge in [0.05, 0.1) is 5.02 Å². The van der Waals surface area contributed by atoms with E-state index in [4.69, 9.17) is 11.6 Å². The fraction of sp³-hybridized carbons (Fsp3) is 0.588. The lowest BCUT2D eigenvalue weighted by Crippen LogP contribution is -2.47. The van der Waals surface area contributed by atoms with Crippen molar-refractivity contribution in [1.82, 2.24) is 9.80 Å². The minimum atomic E-state index is -0.502. The third-order valence-electron chi connectivity index (χ3n) is 4.40. The summed E-state index contributed by atoms with van der Waals surface area (Å²) in [5.74, 6) is -0.261. The van der Waals surface area contributed by atoms with Crippen molar-refractivity contribution < 1.29 is 9.18 Å². The number of likely N-dealkylation sites (N-methyl/N-ethyl adjacent to an activating group) is 1. The summed E-state index contributed by atoms with van der Waals surface area (Å²) in [6.45, 7) is 7.35. The smallest absolute Gasteiger partial charge is 0.253 e. The van der Waals surface area contributed by atoms with Crippen molar-refractivity contribution in [3.05, 3.63) is 34.6 Å². The van der Waals surface area contributed by atoms with Crippen LogP contribution in [-0.2, 0) is 0 Å². The molecule has 0 aliphatic carbocycles. The molecule has 0 unspecified atom stereocenters. The van der Waals surface area contributed by atoms with Gasteiger partial charge in [0.1, 0.15) is 5.82 Å². The highest BCUT2D eigenvalue weighted by atomic mass is 35.5. The Morgan fingerprint density at radius 3 is 2.55 bits per heavy atom. The summed E-state index contributed by atoms with van der Waals surface area (Å²) < 4.78 is 13.3. The van der Waals surface area contributed by atoms with Gasteiger partial charge < -0.3 is 9.80 Å². The van der Waals surface area contributed by atoms with Crippen molar-refractivity contribution in [3.8, 4) is 0 Å². The average molecular weight is 327 g/mol. The lowest BCUT2D eigenvalue weighted by atomic mass is 10.0. The summed E-state index contributed by atoms with van der Waals surface area (Å²) in [6, 6.07) is 4.28. The standard InChI is InChI=1S/C17H24ClFN2O/c1-12(2)16(11-21-8-4-5-9-21)20(3)17(22)13-6-7-15(19)14(18)10-13/h6-7,10,12,16H,4-5,8-9,11H2,1-3H3/t16-/m1/s1. The van der Waals surface area contributed by atoms with Crippen molar-refractivity contribution in [2.45, 2.75) is 32.7 Å². The van der Waals surface area contributed by atoms with Gasteiger partial charge in [-0.2, -0.15) is 0 Å². The Morgan fingerprint density at radius 2 is 2.00 bits per heavy atom. The van der Waals surface area contributed by atoms with Crippen LogP contribution in [0.25, 0.3) is 0 Å². The first-order valence-corrected chi connectivity index (χ1v) is 8.22. The van der Waals surface area contributed by atoms with Gasteiger partial charge >= 0.3 is 0 Å². The van der Waals surface area contributed by atoms with Crippen LogP contribution in [0.1, 0.15) is 37.0 Å². The molecule has 1 fully saturated rings. The molecular weight excluding hydrogens is 303 g/mol. The lowest BCUT2D eigenvalue weighted by Gasteiger charge is -2.34.